The van der Waals surface area contributed by atoms with Crippen molar-refractivity contribution in [2.45, 2.75) is 26.9 Å². The molecule has 0 spiro atoms. The molecule has 0 saturated heterocycles. The summed E-state index contributed by atoms with van der Waals surface area (Å²) < 4.78 is 1.95. The quantitative estimate of drug-likeness (QED) is 0.680. The molecule has 1 N–H and O–H groups in total. The summed E-state index contributed by atoms with van der Waals surface area (Å²) in [7, 11) is 1.95. The Morgan fingerprint density at radius 1 is 1.42 bits per heavy atom. The van der Waals surface area contributed by atoms with Crippen molar-refractivity contribution in [1.29, 1.82) is 0 Å². The van der Waals surface area contributed by atoms with Crippen LogP contribution in [0.5, 0.6) is 0 Å². The van der Waals surface area contributed by atoms with Crippen molar-refractivity contribution in [3.8, 4) is 0 Å². The molecule has 0 aliphatic carbocycles. The molecule has 2 nitrogen and oxygen atoms in total. The van der Waals surface area contributed by atoms with Gasteiger partial charge in [-0.1, -0.05) is 20.8 Å². The molecule has 0 aliphatic rings. The summed E-state index contributed by atoms with van der Waals surface area (Å²) >= 11 is 0. The molecule has 1 unspecified atom stereocenters. The van der Waals surface area contributed by atoms with Gasteiger partial charge in [0.05, 0.1) is 6.10 Å². The molecule has 68 valence electrons. The van der Waals surface area contributed by atoms with Gasteiger partial charge in [-0.15, -0.1) is 0 Å². The van der Waals surface area contributed by atoms with Crippen LogP contribution in [0, 0.1) is 5.41 Å². The van der Waals surface area contributed by atoms with Crippen molar-refractivity contribution in [2.75, 3.05) is 0 Å². The summed E-state index contributed by atoms with van der Waals surface area (Å²) in [5.74, 6) is 0. The van der Waals surface area contributed by atoms with Crippen LogP contribution >= 0.6 is 0 Å². The number of hydrogen-bond acceptors (Lipinski definition) is 1. The monoisotopic (exact) mass is 167 g/mol. The summed E-state index contributed by atoms with van der Waals surface area (Å²) in [6.07, 6.45) is 1.56. The first-order chi connectivity index (χ1) is 5.43. The minimum atomic E-state index is -0.391. The Morgan fingerprint density at radius 2 is 2.00 bits per heavy atom. The SMILES string of the molecule is Cn1cccc1C(O)C(C)(C)C. The molecule has 12 heavy (non-hydrogen) atoms. The second-order valence-electron chi connectivity index (χ2n) is 4.31. The predicted molar refractivity (Wildman–Crippen MR) is 49.8 cm³/mol. The van der Waals surface area contributed by atoms with Crippen LogP contribution in [0.2, 0.25) is 0 Å². The Bertz CT molecular complexity index is 257. The van der Waals surface area contributed by atoms with Crippen molar-refractivity contribution in [3.05, 3.63) is 24.0 Å². The summed E-state index contributed by atoms with van der Waals surface area (Å²) in [6, 6.07) is 3.90. The average Bonchev–Trinajstić information content (AvgIpc) is 2.31. The highest BCUT2D eigenvalue weighted by molar-refractivity contribution is 5.11. The van der Waals surface area contributed by atoms with E-state index in [4.69, 9.17) is 0 Å². The second-order valence-corrected chi connectivity index (χ2v) is 4.31. The van der Waals surface area contributed by atoms with Crippen LogP contribution in [0.1, 0.15) is 32.6 Å². The Labute approximate surface area is 73.8 Å². The smallest absolute Gasteiger partial charge is 0.0987 e. The molecule has 0 aliphatic heterocycles. The third-order valence-corrected chi connectivity index (χ3v) is 2.08. The largest absolute Gasteiger partial charge is 0.386 e. The normalized spacial score (nSPS) is 14.8. The highest BCUT2D eigenvalue weighted by Crippen LogP contribution is 2.32. The Kier molecular flexibility index (Phi) is 2.29. The maximum Gasteiger partial charge on any atom is 0.0987 e. The van der Waals surface area contributed by atoms with Crippen molar-refractivity contribution < 1.29 is 5.11 Å². The third kappa shape index (κ3) is 1.69. The van der Waals surface area contributed by atoms with E-state index >= 15 is 0 Å². The number of aromatic nitrogens is 1. The minimum Gasteiger partial charge on any atom is -0.386 e. The van der Waals surface area contributed by atoms with E-state index in [-0.39, 0.29) is 5.41 Å². The molecular weight excluding hydrogens is 150 g/mol. The zero-order chi connectivity index (χ0) is 9.35. The van der Waals surface area contributed by atoms with Gasteiger partial charge in [0.25, 0.3) is 0 Å². The second kappa shape index (κ2) is 2.94. The van der Waals surface area contributed by atoms with Gasteiger partial charge in [-0.05, 0) is 17.5 Å². The Morgan fingerprint density at radius 3 is 2.33 bits per heavy atom. The first-order valence-electron chi connectivity index (χ1n) is 4.22. The van der Waals surface area contributed by atoms with E-state index in [1.165, 1.54) is 0 Å². The molecule has 0 bridgehead atoms. The van der Waals surface area contributed by atoms with E-state index in [1.54, 1.807) is 0 Å². The van der Waals surface area contributed by atoms with Crippen LogP contribution in [-0.2, 0) is 7.05 Å². The summed E-state index contributed by atoms with van der Waals surface area (Å²) in [5, 5.41) is 9.91. The topological polar surface area (TPSA) is 25.2 Å². The molecule has 0 saturated carbocycles. The van der Waals surface area contributed by atoms with E-state index in [9.17, 15) is 5.11 Å². The molecule has 0 amide bonds. The molecule has 1 aromatic rings. The average molecular weight is 167 g/mol. The number of hydrogen-bond donors (Lipinski definition) is 1. The fourth-order valence-electron chi connectivity index (χ4n) is 1.20. The van der Waals surface area contributed by atoms with Crippen LogP contribution in [-0.4, -0.2) is 9.67 Å². The van der Waals surface area contributed by atoms with Crippen LogP contribution in [0.15, 0.2) is 18.3 Å². The van der Waals surface area contributed by atoms with Crippen molar-refractivity contribution in [1.82, 2.24) is 4.57 Å². The van der Waals surface area contributed by atoms with Gasteiger partial charge in [0.15, 0.2) is 0 Å². The van der Waals surface area contributed by atoms with Gasteiger partial charge in [-0.2, -0.15) is 0 Å². The lowest BCUT2D eigenvalue weighted by molar-refractivity contribution is 0.0565. The lowest BCUT2D eigenvalue weighted by atomic mass is 9.87. The van der Waals surface area contributed by atoms with Crippen molar-refractivity contribution >= 4 is 0 Å². The van der Waals surface area contributed by atoms with E-state index in [2.05, 4.69) is 0 Å². The van der Waals surface area contributed by atoms with Gasteiger partial charge in [0, 0.05) is 18.9 Å². The van der Waals surface area contributed by atoms with Crippen LogP contribution < -0.4 is 0 Å². The van der Waals surface area contributed by atoms with Crippen molar-refractivity contribution in [2.24, 2.45) is 12.5 Å². The molecule has 1 rings (SSSR count). The first-order valence-corrected chi connectivity index (χ1v) is 4.22. The van der Waals surface area contributed by atoms with E-state index in [0.717, 1.165) is 5.69 Å². The maximum absolute atomic E-state index is 9.91. The number of aliphatic hydroxyl groups is 1. The molecular formula is C10H17NO. The minimum absolute atomic E-state index is 0.0912. The van der Waals surface area contributed by atoms with Gasteiger partial charge in [-0.25, -0.2) is 0 Å². The standard InChI is InChI=1S/C10H17NO/c1-10(2,3)9(12)8-6-5-7-11(8)4/h5-7,9,12H,1-4H3. The Hall–Kier alpha value is -0.760. The number of nitrogens with zero attached hydrogens (tertiary/aromatic N) is 1. The van der Waals surface area contributed by atoms with Gasteiger partial charge in [-0.3, -0.25) is 0 Å². The highest BCUT2D eigenvalue weighted by atomic mass is 16.3. The molecule has 0 fully saturated rings. The van der Waals surface area contributed by atoms with E-state index in [0.29, 0.717) is 0 Å². The molecule has 2 heteroatoms. The fourth-order valence-corrected chi connectivity index (χ4v) is 1.20. The van der Waals surface area contributed by atoms with E-state index in [1.807, 2.05) is 50.7 Å². The molecule has 1 atom stereocenters. The zero-order valence-electron chi connectivity index (χ0n) is 8.20. The van der Waals surface area contributed by atoms with Crippen molar-refractivity contribution in [3.63, 3.8) is 0 Å². The summed E-state index contributed by atoms with van der Waals surface area (Å²) in [5.41, 5.74) is 0.883. The molecule has 0 aromatic carbocycles. The fraction of sp³-hybridized carbons (Fsp3) is 0.600. The number of aliphatic hydroxyl groups excluding tert-OH is 1. The lowest BCUT2D eigenvalue weighted by Gasteiger charge is -2.26. The number of rotatable bonds is 1. The number of aryl methyl sites for hydroxylation is 1. The highest BCUT2D eigenvalue weighted by Gasteiger charge is 2.25. The molecule has 0 radical (unpaired) electrons. The van der Waals surface area contributed by atoms with Gasteiger partial charge >= 0.3 is 0 Å². The van der Waals surface area contributed by atoms with Crippen LogP contribution in [0.3, 0.4) is 0 Å². The van der Waals surface area contributed by atoms with Gasteiger partial charge in [0.1, 0.15) is 0 Å². The third-order valence-electron chi connectivity index (χ3n) is 2.08. The van der Waals surface area contributed by atoms with Gasteiger partial charge < -0.3 is 9.67 Å². The molecule has 1 aromatic heterocycles. The first kappa shape index (κ1) is 9.33. The van der Waals surface area contributed by atoms with Gasteiger partial charge in [0.2, 0.25) is 0 Å². The summed E-state index contributed by atoms with van der Waals surface area (Å²) in [6.45, 7) is 6.10. The maximum atomic E-state index is 9.91. The predicted octanol–water partition coefficient (Wildman–Crippen LogP) is 2.10. The molecule has 1 heterocycles. The zero-order valence-corrected chi connectivity index (χ0v) is 8.20. The van der Waals surface area contributed by atoms with Crippen LogP contribution in [0.4, 0.5) is 0 Å². The Balaban J connectivity index is 2.92. The van der Waals surface area contributed by atoms with Crippen LogP contribution in [0.25, 0.3) is 0 Å². The summed E-state index contributed by atoms with van der Waals surface area (Å²) in [4.78, 5) is 0. The lowest BCUT2D eigenvalue weighted by Crippen LogP contribution is -2.19. The van der Waals surface area contributed by atoms with E-state index < -0.39 is 6.10 Å².